The molecule has 0 nitrogen and oxygen atoms in total. The molecule has 0 aromatic carbocycles. The summed E-state index contributed by atoms with van der Waals surface area (Å²) >= 11 is 0. The quantitative estimate of drug-likeness (QED) is 0.332. The predicted octanol–water partition coefficient (Wildman–Crippen LogP) is 1.43. The van der Waals surface area contributed by atoms with Gasteiger partial charge in [0.15, 0.2) is 0 Å². The van der Waals surface area contributed by atoms with E-state index >= 15 is 0 Å². The SMILES string of the molecule is CCC#C[B]C#CCC. The molecule has 0 aliphatic rings. The van der Waals surface area contributed by atoms with Gasteiger partial charge in [-0.15, -0.1) is 23.5 Å². The molecule has 0 heterocycles. The highest BCUT2D eigenvalue weighted by Gasteiger charge is 1.69. The minimum Gasteiger partial charge on any atom is -0.144 e. The lowest BCUT2D eigenvalue weighted by molar-refractivity contribution is 1.28. The van der Waals surface area contributed by atoms with Crippen LogP contribution in [0.15, 0.2) is 0 Å². The Labute approximate surface area is 58.3 Å². The first-order valence-electron chi connectivity index (χ1n) is 3.20. The van der Waals surface area contributed by atoms with Crippen LogP contribution in [-0.2, 0) is 0 Å². The molecule has 45 valence electrons. The van der Waals surface area contributed by atoms with Gasteiger partial charge in [-0.2, -0.15) is 0 Å². The monoisotopic (exact) mass is 117 g/mol. The third-order valence-corrected chi connectivity index (χ3v) is 0.702. The lowest BCUT2D eigenvalue weighted by Crippen LogP contribution is -1.76. The highest BCUT2D eigenvalue weighted by Crippen LogP contribution is 1.67. The van der Waals surface area contributed by atoms with Crippen molar-refractivity contribution in [1.82, 2.24) is 0 Å². The van der Waals surface area contributed by atoms with E-state index in [9.17, 15) is 0 Å². The largest absolute Gasteiger partial charge is 0.314 e. The smallest absolute Gasteiger partial charge is 0.144 e. The second-order valence-electron chi connectivity index (χ2n) is 1.49. The molecular formula is C8H10B. The zero-order chi connectivity index (χ0) is 6.95. The second kappa shape index (κ2) is 7.18. The molecule has 0 aliphatic heterocycles. The van der Waals surface area contributed by atoms with Gasteiger partial charge in [0, 0.05) is 12.8 Å². The van der Waals surface area contributed by atoms with Gasteiger partial charge in [0.05, 0.1) is 0 Å². The van der Waals surface area contributed by atoms with Gasteiger partial charge in [-0.25, -0.2) is 0 Å². The van der Waals surface area contributed by atoms with Crippen LogP contribution in [0.4, 0.5) is 0 Å². The van der Waals surface area contributed by atoms with E-state index < -0.39 is 0 Å². The molecule has 0 atom stereocenters. The van der Waals surface area contributed by atoms with Gasteiger partial charge in [0.25, 0.3) is 0 Å². The molecular weight excluding hydrogens is 107 g/mol. The molecule has 0 aliphatic carbocycles. The number of hydrogen-bond donors (Lipinski definition) is 0. The fourth-order valence-corrected chi connectivity index (χ4v) is 0.342. The van der Waals surface area contributed by atoms with Crippen LogP contribution in [0.5, 0.6) is 0 Å². The summed E-state index contributed by atoms with van der Waals surface area (Å²) in [5.41, 5.74) is 0. The number of hydrogen-bond acceptors (Lipinski definition) is 0. The van der Waals surface area contributed by atoms with Crippen LogP contribution in [0.25, 0.3) is 0 Å². The third-order valence-electron chi connectivity index (χ3n) is 0.702. The minimum absolute atomic E-state index is 0.907. The molecule has 0 bridgehead atoms. The van der Waals surface area contributed by atoms with Crippen LogP contribution in [0.1, 0.15) is 26.7 Å². The van der Waals surface area contributed by atoms with Gasteiger partial charge in [0.2, 0.25) is 0 Å². The minimum atomic E-state index is 0.907. The zero-order valence-corrected chi connectivity index (χ0v) is 5.99. The first-order valence-corrected chi connectivity index (χ1v) is 3.20. The first kappa shape index (κ1) is 8.18. The summed E-state index contributed by atoms with van der Waals surface area (Å²) in [5.74, 6) is 11.4. The molecule has 0 N–H and O–H groups in total. The maximum absolute atomic E-state index is 2.90. The molecule has 0 unspecified atom stereocenters. The Kier molecular flexibility index (Phi) is 6.53. The molecule has 1 heteroatoms. The lowest BCUT2D eigenvalue weighted by atomic mass is 9.81. The molecule has 0 rings (SSSR count). The maximum Gasteiger partial charge on any atom is 0.314 e. The van der Waals surface area contributed by atoms with Crippen LogP contribution in [0.3, 0.4) is 0 Å². The fourth-order valence-electron chi connectivity index (χ4n) is 0.342. The van der Waals surface area contributed by atoms with E-state index in [0.717, 1.165) is 12.8 Å². The Bertz CT molecular complexity index is 140. The van der Waals surface area contributed by atoms with Gasteiger partial charge in [-0.05, 0) is 0 Å². The molecule has 0 aromatic rings. The fraction of sp³-hybridized carbons (Fsp3) is 0.500. The van der Waals surface area contributed by atoms with Crippen LogP contribution in [-0.4, -0.2) is 7.28 Å². The average Bonchev–Trinajstić information content (AvgIpc) is 1.89. The molecule has 0 amide bonds. The molecule has 0 fully saturated rings. The predicted molar refractivity (Wildman–Crippen MR) is 41.9 cm³/mol. The van der Waals surface area contributed by atoms with E-state index in [4.69, 9.17) is 0 Å². The van der Waals surface area contributed by atoms with Gasteiger partial charge in [-0.1, -0.05) is 13.8 Å². The van der Waals surface area contributed by atoms with E-state index in [2.05, 4.69) is 23.5 Å². The van der Waals surface area contributed by atoms with Crippen molar-refractivity contribution in [1.29, 1.82) is 0 Å². The summed E-state index contributed by atoms with van der Waals surface area (Å²) in [6, 6.07) is 0. The molecule has 0 spiro atoms. The molecule has 0 saturated heterocycles. The summed E-state index contributed by atoms with van der Waals surface area (Å²) in [5, 5.41) is 0. The van der Waals surface area contributed by atoms with E-state index in [0.29, 0.717) is 0 Å². The Morgan fingerprint density at radius 3 is 1.78 bits per heavy atom. The topological polar surface area (TPSA) is 0 Å². The second-order valence-corrected chi connectivity index (χ2v) is 1.49. The highest BCUT2D eigenvalue weighted by molar-refractivity contribution is 6.55. The van der Waals surface area contributed by atoms with E-state index in [1.807, 2.05) is 13.8 Å². The van der Waals surface area contributed by atoms with Crippen LogP contribution < -0.4 is 0 Å². The summed E-state index contributed by atoms with van der Waals surface area (Å²) in [7, 11) is 1.70. The summed E-state index contributed by atoms with van der Waals surface area (Å²) in [6.45, 7) is 4.04. The Balaban J connectivity index is 3.28. The summed E-state index contributed by atoms with van der Waals surface area (Å²) in [4.78, 5) is 0. The van der Waals surface area contributed by atoms with Crippen LogP contribution >= 0.6 is 0 Å². The van der Waals surface area contributed by atoms with Gasteiger partial charge in [-0.3, -0.25) is 0 Å². The standard InChI is InChI=1S/C8H10B/c1-3-5-7-9-8-6-4-2/h3-4H2,1-2H3. The van der Waals surface area contributed by atoms with Crippen molar-refractivity contribution in [2.75, 3.05) is 0 Å². The van der Waals surface area contributed by atoms with Crippen molar-refractivity contribution in [3.63, 3.8) is 0 Å². The third kappa shape index (κ3) is 7.18. The van der Waals surface area contributed by atoms with Crippen molar-refractivity contribution >= 4 is 7.28 Å². The Hall–Kier alpha value is -0.815. The average molecular weight is 117 g/mol. The van der Waals surface area contributed by atoms with Gasteiger partial charge in [0.1, 0.15) is 0 Å². The summed E-state index contributed by atoms with van der Waals surface area (Å²) in [6.07, 6.45) is 1.81. The lowest BCUT2D eigenvalue weighted by Gasteiger charge is -1.68. The van der Waals surface area contributed by atoms with Gasteiger partial charge < -0.3 is 0 Å². The highest BCUT2D eigenvalue weighted by atomic mass is 13.6. The van der Waals surface area contributed by atoms with Crippen molar-refractivity contribution in [2.24, 2.45) is 0 Å². The van der Waals surface area contributed by atoms with E-state index in [1.54, 1.807) is 7.28 Å². The van der Waals surface area contributed by atoms with Crippen molar-refractivity contribution < 1.29 is 0 Å². The molecule has 1 radical (unpaired) electrons. The van der Waals surface area contributed by atoms with Crippen molar-refractivity contribution in [3.8, 4) is 23.5 Å². The number of rotatable bonds is 0. The van der Waals surface area contributed by atoms with E-state index in [-0.39, 0.29) is 0 Å². The molecule has 0 saturated carbocycles. The Morgan fingerprint density at radius 2 is 1.44 bits per heavy atom. The van der Waals surface area contributed by atoms with Crippen molar-refractivity contribution in [2.45, 2.75) is 26.7 Å². The normalized spacial score (nSPS) is 6.00. The zero-order valence-electron chi connectivity index (χ0n) is 5.99. The van der Waals surface area contributed by atoms with Gasteiger partial charge >= 0.3 is 7.28 Å². The first-order chi connectivity index (χ1) is 4.41. The van der Waals surface area contributed by atoms with Crippen LogP contribution in [0, 0.1) is 23.5 Å². The molecule has 0 aromatic heterocycles. The Morgan fingerprint density at radius 1 is 1.00 bits per heavy atom. The van der Waals surface area contributed by atoms with E-state index in [1.165, 1.54) is 0 Å². The maximum atomic E-state index is 2.90. The summed E-state index contributed by atoms with van der Waals surface area (Å²) < 4.78 is 0. The molecule has 9 heavy (non-hydrogen) atoms. The van der Waals surface area contributed by atoms with Crippen LogP contribution in [0.2, 0.25) is 0 Å². The van der Waals surface area contributed by atoms with Crippen molar-refractivity contribution in [3.05, 3.63) is 0 Å².